The Balaban J connectivity index is 1.88. The topological polar surface area (TPSA) is 58.6 Å². The largest absolute Gasteiger partial charge is 0.494 e. The number of hydrogen-bond acceptors (Lipinski definition) is 3. The van der Waals surface area contributed by atoms with E-state index in [0.29, 0.717) is 13.0 Å². The number of aliphatic hydroxyl groups excluding tert-OH is 1. The van der Waals surface area contributed by atoms with Crippen LogP contribution in [0.4, 0.5) is 0 Å². The highest BCUT2D eigenvalue weighted by atomic mass is 16.5. The fourth-order valence-corrected chi connectivity index (χ4v) is 2.32. The first kappa shape index (κ1) is 13.9. The predicted molar refractivity (Wildman–Crippen MR) is 73.1 cm³/mol. The summed E-state index contributed by atoms with van der Waals surface area (Å²) in [7, 11) is 0. The van der Waals surface area contributed by atoms with Gasteiger partial charge in [0.25, 0.3) is 0 Å². The minimum atomic E-state index is -0.359. The van der Waals surface area contributed by atoms with E-state index in [2.05, 4.69) is 5.32 Å². The zero-order chi connectivity index (χ0) is 13.7. The number of amides is 1. The molecule has 0 aliphatic heterocycles. The lowest BCUT2D eigenvalue weighted by atomic mass is 9.77. The van der Waals surface area contributed by atoms with Gasteiger partial charge >= 0.3 is 0 Å². The summed E-state index contributed by atoms with van der Waals surface area (Å²) in [6.45, 7) is 2.61. The fraction of sp³-hybridized carbons (Fsp3) is 0.533. The van der Waals surface area contributed by atoms with Crippen LogP contribution in [0.2, 0.25) is 0 Å². The molecule has 0 bridgehead atoms. The molecule has 2 rings (SSSR count). The van der Waals surface area contributed by atoms with Crippen LogP contribution in [-0.2, 0) is 11.2 Å². The van der Waals surface area contributed by atoms with Gasteiger partial charge in [-0.15, -0.1) is 0 Å². The van der Waals surface area contributed by atoms with E-state index in [9.17, 15) is 9.90 Å². The van der Waals surface area contributed by atoms with E-state index < -0.39 is 0 Å². The lowest BCUT2D eigenvalue weighted by Gasteiger charge is -2.41. The van der Waals surface area contributed by atoms with Crippen LogP contribution in [0.15, 0.2) is 24.3 Å². The maximum absolute atomic E-state index is 11.9. The third-order valence-corrected chi connectivity index (χ3v) is 3.62. The van der Waals surface area contributed by atoms with Gasteiger partial charge in [-0.1, -0.05) is 12.1 Å². The van der Waals surface area contributed by atoms with Gasteiger partial charge in [-0.2, -0.15) is 0 Å². The summed E-state index contributed by atoms with van der Waals surface area (Å²) in [5, 5.41) is 12.3. The van der Waals surface area contributed by atoms with Crippen LogP contribution >= 0.6 is 0 Å². The van der Waals surface area contributed by atoms with Crippen molar-refractivity contribution in [2.75, 3.05) is 13.2 Å². The summed E-state index contributed by atoms with van der Waals surface area (Å²) in [5.74, 6) is 0.787. The lowest BCUT2D eigenvalue weighted by Crippen LogP contribution is -2.56. The molecule has 0 spiro atoms. The summed E-state index contributed by atoms with van der Waals surface area (Å²) in [5.41, 5.74) is 0.593. The number of hydrogen-bond donors (Lipinski definition) is 2. The van der Waals surface area contributed by atoms with Gasteiger partial charge in [0.15, 0.2) is 0 Å². The first-order chi connectivity index (χ1) is 9.17. The van der Waals surface area contributed by atoms with E-state index in [1.54, 1.807) is 0 Å². The van der Waals surface area contributed by atoms with Gasteiger partial charge in [-0.25, -0.2) is 0 Å². The molecule has 1 saturated carbocycles. The van der Waals surface area contributed by atoms with Crippen molar-refractivity contribution in [3.63, 3.8) is 0 Å². The highest BCUT2D eigenvalue weighted by molar-refractivity contribution is 5.79. The van der Waals surface area contributed by atoms with Crippen molar-refractivity contribution in [2.45, 2.75) is 38.1 Å². The van der Waals surface area contributed by atoms with Crippen LogP contribution in [0.5, 0.6) is 5.75 Å². The average molecular weight is 263 g/mol. The smallest absolute Gasteiger partial charge is 0.224 e. The van der Waals surface area contributed by atoms with Gasteiger partial charge in [0, 0.05) is 0 Å². The number of aliphatic hydroxyl groups is 1. The van der Waals surface area contributed by atoms with Crippen molar-refractivity contribution in [3.05, 3.63) is 29.8 Å². The highest BCUT2D eigenvalue weighted by Crippen LogP contribution is 2.31. The second-order valence-electron chi connectivity index (χ2n) is 5.09. The second-order valence-corrected chi connectivity index (χ2v) is 5.09. The van der Waals surface area contributed by atoms with Crippen LogP contribution in [-0.4, -0.2) is 29.8 Å². The SMILES string of the molecule is CCOc1ccc(CC(=O)NC2(CO)CCC2)cc1. The number of ether oxygens (including phenoxy) is 1. The second kappa shape index (κ2) is 6.06. The molecule has 104 valence electrons. The molecule has 1 aromatic carbocycles. The molecular formula is C15H21NO3. The van der Waals surface area contributed by atoms with Gasteiger partial charge in [-0.3, -0.25) is 4.79 Å². The number of carbonyl (C=O) groups excluding carboxylic acids is 1. The van der Waals surface area contributed by atoms with Crippen molar-refractivity contribution < 1.29 is 14.6 Å². The van der Waals surface area contributed by atoms with E-state index in [0.717, 1.165) is 30.6 Å². The number of rotatable bonds is 6. The van der Waals surface area contributed by atoms with E-state index in [1.807, 2.05) is 31.2 Å². The molecule has 19 heavy (non-hydrogen) atoms. The Kier molecular flexibility index (Phi) is 4.43. The first-order valence-corrected chi connectivity index (χ1v) is 6.81. The van der Waals surface area contributed by atoms with Crippen LogP contribution in [0.3, 0.4) is 0 Å². The van der Waals surface area contributed by atoms with Crippen LogP contribution in [0.25, 0.3) is 0 Å². The Hall–Kier alpha value is -1.55. The van der Waals surface area contributed by atoms with Crippen LogP contribution in [0, 0.1) is 0 Å². The summed E-state index contributed by atoms with van der Waals surface area (Å²) in [6, 6.07) is 7.54. The first-order valence-electron chi connectivity index (χ1n) is 6.81. The molecule has 0 atom stereocenters. The molecule has 1 amide bonds. The minimum absolute atomic E-state index is 0.0297. The monoisotopic (exact) mass is 263 g/mol. The van der Waals surface area contributed by atoms with Gasteiger partial charge in [-0.05, 0) is 43.9 Å². The van der Waals surface area contributed by atoms with Crippen molar-refractivity contribution in [3.8, 4) is 5.75 Å². The summed E-state index contributed by atoms with van der Waals surface area (Å²) in [6.07, 6.45) is 3.16. The van der Waals surface area contributed by atoms with E-state index in [4.69, 9.17) is 4.74 Å². The molecule has 0 heterocycles. The fourth-order valence-electron chi connectivity index (χ4n) is 2.32. The van der Waals surface area contributed by atoms with Crippen LogP contribution in [0.1, 0.15) is 31.7 Å². The Morgan fingerprint density at radius 3 is 2.53 bits per heavy atom. The molecule has 1 aliphatic carbocycles. The Morgan fingerprint density at radius 1 is 1.37 bits per heavy atom. The third-order valence-electron chi connectivity index (χ3n) is 3.62. The Bertz CT molecular complexity index is 418. The quantitative estimate of drug-likeness (QED) is 0.820. The normalized spacial score (nSPS) is 16.5. The average Bonchev–Trinajstić information content (AvgIpc) is 2.37. The van der Waals surface area contributed by atoms with Crippen molar-refractivity contribution in [2.24, 2.45) is 0 Å². The Morgan fingerprint density at radius 2 is 2.05 bits per heavy atom. The van der Waals surface area contributed by atoms with Gasteiger partial charge < -0.3 is 15.2 Å². The molecule has 0 unspecified atom stereocenters. The van der Waals surface area contributed by atoms with Crippen molar-refractivity contribution >= 4 is 5.91 Å². The maximum atomic E-state index is 11.9. The van der Waals surface area contributed by atoms with Gasteiger partial charge in [0.2, 0.25) is 5.91 Å². The summed E-state index contributed by atoms with van der Waals surface area (Å²) >= 11 is 0. The van der Waals surface area contributed by atoms with Gasteiger partial charge in [0.1, 0.15) is 5.75 Å². The van der Waals surface area contributed by atoms with Crippen LogP contribution < -0.4 is 10.1 Å². The highest BCUT2D eigenvalue weighted by Gasteiger charge is 2.37. The standard InChI is InChI=1S/C15H21NO3/c1-2-19-13-6-4-12(5-7-13)10-14(18)16-15(11-17)8-3-9-15/h4-7,17H,2-3,8-11H2,1H3,(H,16,18). The summed E-state index contributed by atoms with van der Waals surface area (Å²) in [4.78, 5) is 11.9. The molecule has 2 N–H and O–H groups in total. The summed E-state index contributed by atoms with van der Waals surface area (Å²) < 4.78 is 5.36. The molecule has 4 heteroatoms. The Labute approximate surface area is 113 Å². The number of benzene rings is 1. The number of nitrogens with one attached hydrogen (secondary N) is 1. The molecule has 0 aromatic heterocycles. The molecule has 0 saturated heterocycles. The minimum Gasteiger partial charge on any atom is -0.494 e. The van der Waals surface area contributed by atoms with Crippen molar-refractivity contribution in [1.29, 1.82) is 0 Å². The predicted octanol–water partition coefficient (Wildman–Crippen LogP) is 1.66. The molecule has 4 nitrogen and oxygen atoms in total. The maximum Gasteiger partial charge on any atom is 0.224 e. The molecule has 1 fully saturated rings. The van der Waals surface area contributed by atoms with E-state index >= 15 is 0 Å². The molecular weight excluding hydrogens is 242 g/mol. The zero-order valence-corrected chi connectivity index (χ0v) is 11.3. The van der Waals surface area contributed by atoms with Gasteiger partial charge in [0.05, 0.1) is 25.2 Å². The van der Waals surface area contributed by atoms with E-state index in [1.165, 1.54) is 0 Å². The molecule has 1 aliphatic rings. The molecule has 0 radical (unpaired) electrons. The third kappa shape index (κ3) is 3.47. The van der Waals surface area contributed by atoms with E-state index in [-0.39, 0.29) is 18.1 Å². The van der Waals surface area contributed by atoms with Crippen molar-refractivity contribution in [1.82, 2.24) is 5.32 Å². The zero-order valence-electron chi connectivity index (χ0n) is 11.3. The number of carbonyl (C=O) groups is 1. The molecule has 1 aromatic rings. The lowest BCUT2D eigenvalue weighted by molar-refractivity contribution is -0.124.